The first kappa shape index (κ1) is 46.2. The molecule has 5 aliphatic heterocycles. The van der Waals surface area contributed by atoms with Crippen molar-refractivity contribution >= 4 is 20.8 Å². The van der Waals surface area contributed by atoms with Gasteiger partial charge in [-0.05, 0) is 57.7 Å². The summed E-state index contributed by atoms with van der Waals surface area (Å²) < 4.78 is 51.7. The standard InChI is InChI=1S/C20H27N3O2S.C18H36N4O11/c1-16-19(17-8-4-2-5-9-17)26(24,25)21-20(16)23-14-10-18(11-15-23)22-12-6-3-7-13-22;19-2-6-10(25)12(27)13(28)18(30-6)33-16-5(21)1-4(20)15(14(16)29)32-17-11(26)8(22)9(24)7(3-23)31-17/h2,4-5,8-9,18H,3,6-7,10-15H2,1H3;4-18,23-29H,1-3,19-22H2/t;4-,5+,6-,7-,8+,9-,10-,11-,12+,13-,14-,15+,16-,17-,18-/m.1/s1. The Kier molecular flexibility index (Phi) is 15.6. The molecule has 15 N–H and O–H groups in total. The van der Waals surface area contributed by atoms with Crippen LogP contribution in [0.15, 0.2) is 40.3 Å². The molecule has 0 radical (unpaired) electrons. The molecule has 0 amide bonds. The average Bonchev–Trinajstić information content (AvgIpc) is 3.48. The Hall–Kier alpha value is -2.26. The van der Waals surface area contributed by atoms with Gasteiger partial charge in [-0.15, -0.1) is 4.40 Å². The lowest BCUT2D eigenvalue weighted by atomic mass is 9.84. The molecule has 334 valence electrons. The lowest BCUT2D eigenvalue weighted by Crippen LogP contribution is -2.68. The molecule has 0 bridgehead atoms. The monoisotopic (exact) mass is 857 g/mol. The maximum absolute atomic E-state index is 12.7. The molecule has 20 nitrogen and oxygen atoms in total. The van der Waals surface area contributed by atoms with Gasteiger partial charge in [-0.25, -0.2) is 0 Å². The molecule has 59 heavy (non-hydrogen) atoms. The number of hydrogen-bond donors (Lipinski definition) is 11. The van der Waals surface area contributed by atoms with Crippen molar-refractivity contribution in [3.63, 3.8) is 0 Å². The predicted molar refractivity (Wildman–Crippen MR) is 213 cm³/mol. The number of amidine groups is 1. The molecular weight excluding hydrogens is 795 g/mol. The molecule has 1 aromatic carbocycles. The molecule has 7 rings (SSSR count). The van der Waals surface area contributed by atoms with Crippen LogP contribution in [0.5, 0.6) is 0 Å². The summed E-state index contributed by atoms with van der Waals surface area (Å²) in [6.07, 6.45) is -10.3. The van der Waals surface area contributed by atoms with E-state index in [2.05, 4.69) is 14.2 Å². The summed E-state index contributed by atoms with van der Waals surface area (Å²) in [6, 6.07) is 7.10. The van der Waals surface area contributed by atoms with Crippen LogP contribution in [-0.2, 0) is 29.0 Å². The highest BCUT2D eigenvalue weighted by atomic mass is 32.2. The van der Waals surface area contributed by atoms with E-state index in [4.69, 9.17) is 41.9 Å². The number of ether oxygens (including phenoxy) is 4. The van der Waals surface area contributed by atoms with E-state index in [1.807, 2.05) is 37.3 Å². The lowest BCUT2D eigenvalue weighted by molar-refractivity contribution is -0.332. The van der Waals surface area contributed by atoms with Crippen molar-refractivity contribution in [1.82, 2.24) is 9.80 Å². The summed E-state index contributed by atoms with van der Waals surface area (Å²) in [5.41, 5.74) is 25.0. The molecule has 1 aromatic rings. The summed E-state index contributed by atoms with van der Waals surface area (Å²) in [4.78, 5) is 5.17. The van der Waals surface area contributed by atoms with Gasteiger partial charge in [0.2, 0.25) is 0 Å². The summed E-state index contributed by atoms with van der Waals surface area (Å²) in [5, 5.41) is 70.9. The third-order valence-corrected chi connectivity index (χ3v) is 13.8. The van der Waals surface area contributed by atoms with Gasteiger partial charge in [0.05, 0.1) is 12.6 Å². The van der Waals surface area contributed by atoms with E-state index in [1.54, 1.807) is 0 Å². The Morgan fingerprint density at radius 2 is 1.34 bits per heavy atom. The Morgan fingerprint density at radius 1 is 0.763 bits per heavy atom. The molecular formula is C38H63N7O13S. The number of nitrogens with zero attached hydrogens (tertiary/aromatic N) is 3. The number of hydrogen-bond acceptors (Lipinski definition) is 19. The van der Waals surface area contributed by atoms with E-state index in [1.165, 1.54) is 32.4 Å². The van der Waals surface area contributed by atoms with Gasteiger partial charge in [0.25, 0.3) is 10.0 Å². The van der Waals surface area contributed by atoms with Gasteiger partial charge < -0.3 is 87.4 Å². The molecule has 5 fully saturated rings. The zero-order valence-corrected chi connectivity index (χ0v) is 34.1. The number of aliphatic hydroxyl groups excluding tert-OH is 7. The van der Waals surface area contributed by atoms with E-state index in [0.717, 1.165) is 37.1 Å². The second-order valence-electron chi connectivity index (χ2n) is 16.3. The largest absolute Gasteiger partial charge is 0.394 e. The van der Waals surface area contributed by atoms with Gasteiger partial charge in [0.1, 0.15) is 71.8 Å². The number of likely N-dealkylation sites (tertiary alicyclic amines) is 2. The van der Waals surface area contributed by atoms with E-state index in [0.29, 0.717) is 16.8 Å². The van der Waals surface area contributed by atoms with Crippen LogP contribution >= 0.6 is 0 Å². The van der Waals surface area contributed by atoms with Crippen molar-refractivity contribution in [3.8, 4) is 0 Å². The second kappa shape index (κ2) is 19.8. The fraction of sp³-hybridized carbons (Fsp3) is 0.763. The van der Waals surface area contributed by atoms with Crippen molar-refractivity contribution in [1.29, 1.82) is 0 Å². The van der Waals surface area contributed by atoms with Crippen molar-refractivity contribution in [2.75, 3.05) is 39.3 Å². The Labute approximate surface area is 344 Å². The fourth-order valence-electron chi connectivity index (χ4n) is 8.90. The lowest BCUT2D eigenvalue weighted by Gasteiger charge is -2.48. The summed E-state index contributed by atoms with van der Waals surface area (Å²) in [7, 11) is -3.61. The van der Waals surface area contributed by atoms with Crippen LogP contribution in [0.2, 0.25) is 0 Å². The van der Waals surface area contributed by atoms with Crippen molar-refractivity contribution in [2.45, 2.75) is 143 Å². The van der Waals surface area contributed by atoms with Gasteiger partial charge in [-0.3, -0.25) is 0 Å². The summed E-state index contributed by atoms with van der Waals surface area (Å²) in [6.45, 7) is 5.33. The number of rotatable bonds is 8. The third-order valence-electron chi connectivity index (χ3n) is 12.3. The second-order valence-corrected chi connectivity index (χ2v) is 17.9. The van der Waals surface area contributed by atoms with Crippen LogP contribution in [0.4, 0.5) is 0 Å². The minimum absolute atomic E-state index is 0.0849. The molecule has 0 unspecified atom stereocenters. The van der Waals surface area contributed by atoms with Crippen molar-refractivity contribution < 1.29 is 63.1 Å². The maximum atomic E-state index is 12.7. The quantitative estimate of drug-likeness (QED) is 0.118. The predicted octanol–water partition coefficient (Wildman–Crippen LogP) is -4.18. The molecule has 4 saturated heterocycles. The van der Waals surface area contributed by atoms with Crippen LogP contribution in [0, 0.1) is 0 Å². The Morgan fingerprint density at radius 3 is 1.92 bits per heavy atom. The zero-order valence-electron chi connectivity index (χ0n) is 33.2. The van der Waals surface area contributed by atoms with E-state index >= 15 is 0 Å². The van der Waals surface area contributed by atoms with Crippen LogP contribution in [0.1, 0.15) is 51.0 Å². The van der Waals surface area contributed by atoms with Crippen LogP contribution in [0.25, 0.3) is 4.91 Å². The number of sulfonamides is 1. The minimum atomic E-state index is -3.61. The molecule has 0 spiro atoms. The minimum Gasteiger partial charge on any atom is -0.394 e. The molecule has 21 heteroatoms. The molecule has 6 aliphatic rings. The zero-order chi connectivity index (χ0) is 42.8. The number of benzene rings is 1. The highest BCUT2D eigenvalue weighted by Gasteiger charge is 2.51. The smallest absolute Gasteiger partial charge is 0.285 e. The Balaban J connectivity index is 0.000000203. The van der Waals surface area contributed by atoms with E-state index in [-0.39, 0.29) is 13.0 Å². The molecule has 1 saturated carbocycles. The van der Waals surface area contributed by atoms with Crippen LogP contribution < -0.4 is 22.9 Å². The topological polar surface area (TPSA) is 336 Å². The number of nitrogens with two attached hydrogens (primary N) is 4. The first-order valence-corrected chi connectivity index (χ1v) is 21.9. The Bertz CT molecular complexity index is 1650. The fourth-order valence-corrected chi connectivity index (χ4v) is 10.4. The highest BCUT2D eigenvalue weighted by Crippen LogP contribution is 2.35. The molecule has 15 atom stereocenters. The number of aliphatic hydroxyl groups is 7. The van der Waals surface area contributed by atoms with Crippen LogP contribution in [0.3, 0.4) is 0 Å². The summed E-state index contributed by atoms with van der Waals surface area (Å²) >= 11 is 0. The van der Waals surface area contributed by atoms with E-state index < -0.39 is 108 Å². The average molecular weight is 858 g/mol. The number of piperidine rings is 2. The first-order valence-electron chi connectivity index (χ1n) is 20.5. The van der Waals surface area contributed by atoms with Gasteiger partial charge in [0.15, 0.2) is 12.6 Å². The molecule has 5 heterocycles. The molecule has 0 aromatic heterocycles. The normalized spacial score (nSPS) is 41.0. The van der Waals surface area contributed by atoms with Gasteiger partial charge in [-0.2, -0.15) is 8.42 Å². The first-order chi connectivity index (χ1) is 28.1. The van der Waals surface area contributed by atoms with Gasteiger partial charge >= 0.3 is 0 Å². The van der Waals surface area contributed by atoms with Gasteiger partial charge in [-0.1, -0.05) is 36.8 Å². The third kappa shape index (κ3) is 10.0. The highest BCUT2D eigenvalue weighted by molar-refractivity contribution is 8.00. The SMILES string of the molecule is CC1=C(c2ccccc2)S(=O)(=O)N=C1N1CCC(N2CCCCC2)CC1.NC[C@H]1O[C@H](O[C@H]2[C@H](O)[C@@H](O[C@H]3O[C@H](CO)[C@@H](O)[C@H](N)[C@H]3O)[C@H](N)C[C@@H]2N)[C@H](O)[C@@H](O)[C@@H]1O. The summed E-state index contributed by atoms with van der Waals surface area (Å²) in [5.74, 6) is 0.654. The molecule has 1 aliphatic carbocycles. The van der Waals surface area contributed by atoms with Crippen molar-refractivity contribution in [3.05, 3.63) is 41.5 Å². The van der Waals surface area contributed by atoms with Gasteiger partial charge in [0, 0.05) is 43.3 Å². The van der Waals surface area contributed by atoms with E-state index in [9.17, 15) is 44.2 Å². The maximum Gasteiger partial charge on any atom is 0.285 e. The van der Waals surface area contributed by atoms with Crippen molar-refractivity contribution in [2.24, 2.45) is 27.3 Å². The van der Waals surface area contributed by atoms with Crippen LogP contribution in [-0.4, -0.2) is 197 Å².